The fourth-order valence-electron chi connectivity index (χ4n) is 3.07. The second kappa shape index (κ2) is 7.63. The third-order valence-electron chi connectivity index (χ3n) is 4.52. The highest BCUT2D eigenvalue weighted by atomic mass is 32.2. The molecule has 0 unspecified atom stereocenters. The minimum absolute atomic E-state index is 0.0797. The molecule has 7 heteroatoms. The maximum Gasteiger partial charge on any atom is 0.243 e. The van der Waals surface area contributed by atoms with Crippen molar-refractivity contribution in [2.75, 3.05) is 20.2 Å². The second-order valence-corrected chi connectivity index (χ2v) is 8.21. The van der Waals surface area contributed by atoms with Gasteiger partial charge in [0.1, 0.15) is 23.4 Å². The van der Waals surface area contributed by atoms with Gasteiger partial charge in [0, 0.05) is 13.1 Å². The molecule has 1 saturated heterocycles. The standard InChI is InChI=1S/C19H22FNO4S/c1-14-13-18(24-2)7-8-19(14)26(22,23)21-11-9-17(10-12-21)25-16-5-3-15(20)4-6-16/h3-8,13,17H,9-12H2,1-2H3. The third kappa shape index (κ3) is 3.99. The normalized spacial score (nSPS) is 16.4. The van der Waals surface area contributed by atoms with E-state index in [1.54, 1.807) is 44.4 Å². The molecule has 0 spiro atoms. The minimum Gasteiger partial charge on any atom is -0.497 e. The molecule has 0 bridgehead atoms. The number of hydrogen-bond donors (Lipinski definition) is 0. The smallest absolute Gasteiger partial charge is 0.243 e. The van der Waals surface area contributed by atoms with Gasteiger partial charge >= 0.3 is 0 Å². The van der Waals surface area contributed by atoms with Gasteiger partial charge in [-0.3, -0.25) is 0 Å². The van der Waals surface area contributed by atoms with Crippen LogP contribution in [0.2, 0.25) is 0 Å². The van der Waals surface area contributed by atoms with E-state index in [0.717, 1.165) is 0 Å². The zero-order chi connectivity index (χ0) is 18.7. The highest BCUT2D eigenvalue weighted by molar-refractivity contribution is 7.89. The summed E-state index contributed by atoms with van der Waals surface area (Å²) in [5.74, 6) is 0.916. The third-order valence-corrected chi connectivity index (χ3v) is 6.58. The number of rotatable bonds is 5. The van der Waals surface area contributed by atoms with Gasteiger partial charge in [-0.25, -0.2) is 12.8 Å². The molecule has 140 valence electrons. The van der Waals surface area contributed by atoms with Crippen molar-refractivity contribution in [1.29, 1.82) is 0 Å². The monoisotopic (exact) mass is 379 g/mol. The predicted octanol–water partition coefficient (Wildman–Crippen LogP) is 3.37. The highest BCUT2D eigenvalue weighted by Crippen LogP contribution is 2.27. The Balaban J connectivity index is 1.66. The van der Waals surface area contributed by atoms with Gasteiger partial charge in [-0.05, 0) is 67.8 Å². The van der Waals surface area contributed by atoms with E-state index < -0.39 is 10.0 Å². The average molecular weight is 379 g/mol. The molecule has 2 aromatic rings. The van der Waals surface area contributed by atoms with Crippen LogP contribution < -0.4 is 9.47 Å². The van der Waals surface area contributed by atoms with Crippen LogP contribution in [0.4, 0.5) is 4.39 Å². The minimum atomic E-state index is -3.55. The Kier molecular flexibility index (Phi) is 5.48. The van der Waals surface area contributed by atoms with Gasteiger partial charge in [-0.2, -0.15) is 4.31 Å². The molecule has 1 heterocycles. The Labute approximate surface area is 153 Å². The fraction of sp³-hybridized carbons (Fsp3) is 0.368. The summed E-state index contributed by atoms with van der Waals surface area (Å²) in [4.78, 5) is 0.302. The van der Waals surface area contributed by atoms with Crippen molar-refractivity contribution in [2.24, 2.45) is 0 Å². The average Bonchev–Trinajstić information content (AvgIpc) is 2.63. The number of sulfonamides is 1. The van der Waals surface area contributed by atoms with Crippen LogP contribution in [-0.4, -0.2) is 39.0 Å². The lowest BCUT2D eigenvalue weighted by atomic mass is 10.1. The summed E-state index contributed by atoms with van der Waals surface area (Å²) in [6.45, 7) is 2.54. The Hall–Kier alpha value is -2.12. The molecule has 1 aliphatic heterocycles. The SMILES string of the molecule is COc1ccc(S(=O)(=O)N2CCC(Oc3ccc(F)cc3)CC2)c(C)c1. The van der Waals surface area contributed by atoms with Crippen LogP contribution in [0.15, 0.2) is 47.4 Å². The van der Waals surface area contributed by atoms with Gasteiger partial charge in [-0.15, -0.1) is 0 Å². The maximum atomic E-state index is 13.0. The summed E-state index contributed by atoms with van der Waals surface area (Å²) in [6.07, 6.45) is 1.10. The molecule has 5 nitrogen and oxygen atoms in total. The fourth-order valence-corrected chi connectivity index (χ4v) is 4.75. The van der Waals surface area contributed by atoms with Gasteiger partial charge in [0.15, 0.2) is 0 Å². The van der Waals surface area contributed by atoms with Crippen molar-refractivity contribution in [3.63, 3.8) is 0 Å². The first-order valence-corrected chi connectivity index (χ1v) is 9.91. The van der Waals surface area contributed by atoms with Crippen molar-refractivity contribution in [1.82, 2.24) is 4.31 Å². The number of hydrogen-bond acceptors (Lipinski definition) is 4. The van der Waals surface area contributed by atoms with Crippen LogP contribution in [0.25, 0.3) is 0 Å². The number of ether oxygens (including phenoxy) is 2. The van der Waals surface area contributed by atoms with E-state index in [0.29, 0.717) is 47.9 Å². The topological polar surface area (TPSA) is 55.8 Å². The predicted molar refractivity (Wildman–Crippen MR) is 96.5 cm³/mol. The van der Waals surface area contributed by atoms with E-state index in [4.69, 9.17) is 9.47 Å². The number of nitrogens with zero attached hydrogens (tertiary/aromatic N) is 1. The summed E-state index contributed by atoms with van der Waals surface area (Å²) in [5.41, 5.74) is 0.661. The molecule has 0 saturated carbocycles. The van der Waals surface area contributed by atoms with Crippen LogP contribution in [0, 0.1) is 12.7 Å². The zero-order valence-electron chi connectivity index (χ0n) is 14.8. The molecule has 0 atom stereocenters. The number of benzene rings is 2. The van der Waals surface area contributed by atoms with Crippen molar-refractivity contribution >= 4 is 10.0 Å². The lowest BCUT2D eigenvalue weighted by molar-refractivity contribution is 0.135. The Bertz CT molecular complexity index is 860. The summed E-state index contributed by atoms with van der Waals surface area (Å²) < 4.78 is 51.2. The lowest BCUT2D eigenvalue weighted by Crippen LogP contribution is -2.41. The van der Waals surface area contributed by atoms with Gasteiger partial charge in [0.05, 0.1) is 12.0 Å². The molecule has 26 heavy (non-hydrogen) atoms. The largest absolute Gasteiger partial charge is 0.497 e. The van der Waals surface area contributed by atoms with E-state index >= 15 is 0 Å². The van der Waals surface area contributed by atoms with E-state index in [1.165, 1.54) is 16.4 Å². The maximum absolute atomic E-state index is 13.0. The molecule has 3 rings (SSSR count). The first kappa shape index (κ1) is 18.7. The number of aryl methyl sites for hydroxylation is 1. The Morgan fingerprint density at radius 2 is 1.65 bits per heavy atom. The van der Waals surface area contributed by atoms with Crippen LogP contribution in [0.5, 0.6) is 11.5 Å². The van der Waals surface area contributed by atoms with Gasteiger partial charge in [-0.1, -0.05) is 0 Å². The number of methoxy groups -OCH3 is 1. The molecule has 0 aromatic heterocycles. The van der Waals surface area contributed by atoms with Crippen molar-refractivity contribution in [2.45, 2.75) is 30.8 Å². The van der Waals surface area contributed by atoms with Gasteiger partial charge in [0.2, 0.25) is 10.0 Å². The van der Waals surface area contributed by atoms with Crippen LogP contribution >= 0.6 is 0 Å². The Morgan fingerprint density at radius 3 is 2.23 bits per heavy atom. The summed E-state index contributed by atoms with van der Waals surface area (Å²) in [5, 5.41) is 0. The number of piperidine rings is 1. The Morgan fingerprint density at radius 1 is 1.04 bits per heavy atom. The molecule has 0 aliphatic carbocycles. The molecule has 1 aliphatic rings. The highest BCUT2D eigenvalue weighted by Gasteiger charge is 2.31. The van der Waals surface area contributed by atoms with Crippen molar-refractivity contribution < 1.29 is 22.3 Å². The van der Waals surface area contributed by atoms with Crippen LogP contribution in [0.3, 0.4) is 0 Å². The van der Waals surface area contributed by atoms with E-state index in [1.807, 2.05) is 0 Å². The lowest BCUT2D eigenvalue weighted by Gasteiger charge is -2.31. The zero-order valence-corrected chi connectivity index (χ0v) is 15.6. The summed E-state index contributed by atoms with van der Waals surface area (Å²) in [7, 11) is -2.00. The first-order valence-electron chi connectivity index (χ1n) is 8.47. The molecule has 1 fully saturated rings. The molecular formula is C19H22FNO4S. The number of halogens is 1. The quantitative estimate of drug-likeness (QED) is 0.799. The summed E-state index contributed by atoms with van der Waals surface area (Å²) in [6, 6.07) is 10.8. The summed E-state index contributed by atoms with van der Waals surface area (Å²) >= 11 is 0. The van der Waals surface area contributed by atoms with Crippen molar-refractivity contribution in [3.8, 4) is 11.5 Å². The molecule has 2 aromatic carbocycles. The molecule has 0 radical (unpaired) electrons. The van der Waals surface area contributed by atoms with Crippen LogP contribution in [-0.2, 0) is 10.0 Å². The van der Waals surface area contributed by atoms with Gasteiger partial charge in [0.25, 0.3) is 0 Å². The molecule has 0 N–H and O–H groups in total. The van der Waals surface area contributed by atoms with Crippen molar-refractivity contribution in [3.05, 3.63) is 53.8 Å². The van der Waals surface area contributed by atoms with Gasteiger partial charge < -0.3 is 9.47 Å². The first-order chi connectivity index (χ1) is 12.4. The molecular weight excluding hydrogens is 357 g/mol. The molecule has 0 amide bonds. The van der Waals surface area contributed by atoms with E-state index in [9.17, 15) is 12.8 Å². The van der Waals surface area contributed by atoms with E-state index in [-0.39, 0.29) is 11.9 Å². The van der Waals surface area contributed by atoms with Crippen LogP contribution in [0.1, 0.15) is 18.4 Å². The second-order valence-electron chi connectivity index (χ2n) is 6.31. The van der Waals surface area contributed by atoms with E-state index in [2.05, 4.69) is 0 Å².